The van der Waals surface area contributed by atoms with E-state index in [1.165, 1.54) is 16.4 Å². The highest BCUT2D eigenvalue weighted by atomic mass is 32.2. The molecule has 1 atom stereocenters. The number of carbonyl (C=O) groups is 1. The van der Waals surface area contributed by atoms with Crippen LogP contribution < -0.4 is 4.74 Å². The Labute approximate surface area is 187 Å². The van der Waals surface area contributed by atoms with Crippen LogP contribution in [0.5, 0.6) is 5.75 Å². The third-order valence-electron chi connectivity index (χ3n) is 5.17. The lowest BCUT2D eigenvalue weighted by molar-refractivity contribution is -0.0196. The van der Waals surface area contributed by atoms with E-state index in [2.05, 4.69) is 0 Å². The van der Waals surface area contributed by atoms with Gasteiger partial charge in [-0.1, -0.05) is 0 Å². The molecule has 174 valence electrons. The van der Waals surface area contributed by atoms with Crippen molar-refractivity contribution in [3.05, 3.63) is 59.9 Å². The number of hydrogen-bond acceptors (Lipinski definition) is 6. The van der Waals surface area contributed by atoms with Crippen LogP contribution in [-0.4, -0.2) is 83.2 Å². The first-order chi connectivity index (χ1) is 15.3. The molecule has 0 radical (unpaired) electrons. The van der Waals surface area contributed by atoms with E-state index in [-0.39, 0.29) is 37.0 Å². The summed E-state index contributed by atoms with van der Waals surface area (Å²) in [4.78, 5) is 14.7. The SMILES string of the molecule is COCCN(CC1CN(S(=O)(=O)c2ccc(F)cc2)CCO1)C(=O)c1ccc(OC)cc1. The van der Waals surface area contributed by atoms with Gasteiger partial charge in [-0.05, 0) is 48.5 Å². The van der Waals surface area contributed by atoms with E-state index in [0.29, 0.717) is 24.5 Å². The van der Waals surface area contributed by atoms with E-state index in [1.807, 2.05) is 0 Å². The fraction of sp³-hybridized carbons (Fsp3) is 0.409. The van der Waals surface area contributed by atoms with Gasteiger partial charge in [0.05, 0.1) is 31.3 Å². The lowest BCUT2D eigenvalue weighted by Gasteiger charge is -2.35. The third-order valence-corrected chi connectivity index (χ3v) is 7.05. The topological polar surface area (TPSA) is 85.4 Å². The Balaban J connectivity index is 1.72. The molecule has 1 saturated heterocycles. The number of carbonyl (C=O) groups excluding carboxylic acids is 1. The number of hydrogen-bond donors (Lipinski definition) is 0. The Hall–Kier alpha value is -2.53. The second kappa shape index (κ2) is 10.9. The molecule has 0 aliphatic carbocycles. The van der Waals surface area contributed by atoms with Gasteiger partial charge < -0.3 is 19.1 Å². The quantitative estimate of drug-likeness (QED) is 0.562. The van der Waals surface area contributed by atoms with Gasteiger partial charge in [-0.25, -0.2) is 12.8 Å². The Kier molecular flexibility index (Phi) is 8.19. The molecule has 1 unspecified atom stereocenters. The van der Waals surface area contributed by atoms with Crippen LogP contribution in [-0.2, 0) is 19.5 Å². The summed E-state index contributed by atoms with van der Waals surface area (Å²) in [6, 6.07) is 11.5. The molecule has 8 nitrogen and oxygen atoms in total. The van der Waals surface area contributed by atoms with Crippen LogP contribution >= 0.6 is 0 Å². The zero-order chi connectivity index (χ0) is 23.1. The number of sulfonamides is 1. The van der Waals surface area contributed by atoms with Gasteiger partial charge in [0.2, 0.25) is 10.0 Å². The number of ether oxygens (including phenoxy) is 3. The minimum atomic E-state index is -3.80. The van der Waals surface area contributed by atoms with Crippen molar-refractivity contribution in [2.45, 2.75) is 11.0 Å². The Morgan fingerprint density at radius 1 is 1.16 bits per heavy atom. The van der Waals surface area contributed by atoms with Crippen LogP contribution in [0.4, 0.5) is 4.39 Å². The van der Waals surface area contributed by atoms with Crippen LogP contribution in [0.2, 0.25) is 0 Å². The zero-order valence-electron chi connectivity index (χ0n) is 18.1. The molecular formula is C22H27FN2O6S. The molecule has 1 heterocycles. The molecule has 2 aromatic rings. The Bertz CT molecular complexity index is 998. The van der Waals surface area contributed by atoms with Crippen LogP contribution in [0, 0.1) is 5.82 Å². The first-order valence-corrected chi connectivity index (χ1v) is 11.6. The van der Waals surface area contributed by atoms with E-state index in [1.54, 1.807) is 43.4 Å². The van der Waals surface area contributed by atoms with Crippen LogP contribution in [0.3, 0.4) is 0 Å². The van der Waals surface area contributed by atoms with E-state index in [9.17, 15) is 17.6 Å². The van der Waals surface area contributed by atoms with Crippen molar-refractivity contribution >= 4 is 15.9 Å². The van der Waals surface area contributed by atoms with Gasteiger partial charge in [0.1, 0.15) is 11.6 Å². The number of rotatable bonds is 9. The summed E-state index contributed by atoms with van der Waals surface area (Å²) in [5, 5.41) is 0. The lowest BCUT2D eigenvalue weighted by atomic mass is 10.1. The van der Waals surface area contributed by atoms with E-state index >= 15 is 0 Å². The molecule has 10 heteroatoms. The smallest absolute Gasteiger partial charge is 0.254 e. The molecule has 1 amide bonds. The van der Waals surface area contributed by atoms with Crippen LogP contribution in [0.1, 0.15) is 10.4 Å². The number of morpholine rings is 1. The highest BCUT2D eigenvalue weighted by molar-refractivity contribution is 7.89. The van der Waals surface area contributed by atoms with Crippen molar-refractivity contribution < 1.29 is 31.8 Å². The summed E-state index contributed by atoms with van der Waals surface area (Å²) in [7, 11) is -0.705. The molecule has 0 aromatic heterocycles. The summed E-state index contributed by atoms with van der Waals surface area (Å²) in [6.45, 7) is 1.31. The standard InChI is InChI=1S/C22H27FN2O6S/c1-29-13-11-24(22(26)17-3-7-19(30-2)8-4-17)15-20-16-25(12-14-31-20)32(27,28)21-9-5-18(23)6-10-21/h3-10,20H,11-16H2,1-2H3. The minimum absolute atomic E-state index is 0.0186. The normalized spacial score (nSPS) is 17.2. The van der Waals surface area contributed by atoms with Gasteiger partial charge in [-0.15, -0.1) is 0 Å². The van der Waals surface area contributed by atoms with Gasteiger partial charge in [-0.2, -0.15) is 4.31 Å². The number of halogens is 1. The largest absolute Gasteiger partial charge is 0.497 e. The van der Waals surface area contributed by atoms with Gasteiger partial charge in [0, 0.05) is 38.9 Å². The number of nitrogens with zero attached hydrogens (tertiary/aromatic N) is 2. The maximum Gasteiger partial charge on any atom is 0.254 e. The molecular weight excluding hydrogens is 439 g/mol. The molecule has 1 aliphatic heterocycles. The predicted molar refractivity (Wildman–Crippen MR) is 116 cm³/mol. The molecule has 0 spiro atoms. The van der Waals surface area contributed by atoms with Crippen LogP contribution in [0.15, 0.2) is 53.4 Å². The summed E-state index contributed by atoms with van der Waals surface area (Å²) >= 11 is 0. The third kappa shape index (κ3) is 5.83. The Morgan fingerprint density at radius 2 is 1.84 bits per heavy atom. The first-order valence-electron chi connectivity index (χ1n) is 10.1. The number of amides is 1. The highest BCUT2D eigenvalue weighted by Gasteiger charge is 2.32. The number of methoxy groups -OCH3 is 2. The van der Waals surface area contributed by atoms with Gasteiger partial charge in [0.15, 0.2) is 0 Å². The Morgan fingerprint density at radius 3 is 2.47 bits per heavy atom. The monoisotopic (exact) mass is 466 g/mol. The number of benzene rings is 2. The van der Waals surface area contributed by atoms with Crippen molar-refractivity contribution in [3.63, 3.8) is 0 Å². The molecule has 0 bridgehead atoms. The van der Waals surface area contributed by atoms with Crippen molar-refractivity contribution in [1.82, 2.24) is 9.21 Å². The summed E-state index contributed by atoms with van der Waals surface area (Å²) in [5.74, 6) is -0.0799. The molecule has 0 saturated carbocycles. The van der Waals surface area contributed by atoms with Gasteiger partial charge >= 0.3 is 0 Å². The molecule has 1 aliphatic rings. The molecule has 0 N–H and O–H groups in total. The molecule has 3 rings (SSSR count). The zero-order valence-corrected chi connectivity index (χ0v) is 18.9. The lowest BCUT2D eigenvalue weighted by Crippen LogP contribution is -2.51. The maximum absolute atomic E-state index is 13.2. The van der Waals surface area contributed by atoms with Crippen molar-refractivity contribution in [2.24, 2.45) is 0 Å². The fourth-order valence-corrected chi connectivity index (χ4v) is 4.87. The summed E-state index contributed by atoms with van der Waals surface area (Å²) < 4.78 is 56.5. The van der Waals surface area contributed by atoms with Crippen molar-refractivity contribution in [2.75, 3.05) is 53.6 Å². The highest BCUT2D eigenvalue weighted by Crippen LogP contribution is 2.20. The maximum atomic E-state index is 13.2. The van der Waals surface area contributed by atoms with Gasteiger partial charge in [-0.3, -0.25) is 4.79 Å². The van der Waals surface area contributed by atoms with E-state index in [4.69, 9.17) is 14.2 Å². The van der Waals surface area contributed by atoms with Crippen molar-refractivity contribution in [3.8, 4) is 5.75 Å². The second-order valence-electron chi connectivity index (χ2n) is 7.28. The van der Waals surface area contributed by atoms with Crippen LogP contribution in [0.25, 0.3) is 0 Å². The molecule has 1 fully saturated rings. The van der Waals surface area contributed by atoms with Crippen molar-refractivity contribution in [1.29, 1.82) is 0 Å². The average molecular weight is 467 g/mol. The molecule has 32 heavy (non-hydrogen) atoms. The summed E-state index contributed by atoms with van der Waals surface area (Å²) in [6.07, 6.45) is -0.516. The van der Waals surface area contributed by atoms with E-state index < -0.39 is 21.9 Å². The van der Waals surface area contributed by atoms with Gasteiger partial charge in [0.25, 0.3) is 5.91 Å². The van der Waals surface area contributed by atoms with E-state index in [0.717, 1.165) is 12.1 Å². The first kappa shape index (κ1) is 24.1. The molecule has 2 aromatic carbocycles. The minimum Gasteiger partial charge on any atom is -0.497 e. The second-order valence-corrected chi connectivity index (χ2v) is 9.22. The average Bonchev–Trinajstić information content (AvgIpc) is 2.82. The summed E-state index contributed by atoms with van der Waals surface area (Å²) in [5.41, 5.74) is 0.480. The predicted octanol–water partition coefficient (Wildman–Crippen LogP) is 2.01. The fourth-order valence-electron chi connectivity index (χ4n) is 3.42.